The molecule has 0 amide bonds. The van der Waals surface area contributed by atoms with Gasteiger partial charge < -0.3 is 40.3 Å². The number of benzene rings is 2. The van der Waals surface area contributed by atoms with Crippen molar-refractivity contribution in [3.63, 3.8) is 0 Å². The molecule has 1 aliphatic rings. The lowest BCUT2D eigenvalue weighted by atomic mass is 9.97. The number of carbonyl (C=O) groups is 2. The highest BCUT2D eigenvalue weighted by Crippen LogP contribution is 2.40. The second kappa shape index (κ2) is 12.4. The van der Waals surface area contributed by atoms with Crippen LogP contribution in [0.4, 0.5) is 0 Å². The molecule has 1 heterocycles. The van der Waals surface area contributed by atoms with Crippen LogP contribution in [0.25, 0.3) is 0 Å². The maximum absolute atomic E-state index is 11.3. The van der Waals surface area contributed by atoms with Gasteiger partial charge in [-0.15, -0.1) is 0 Å². The van der Waals surface area contributed by atoms with E-state index in [-0.39, 0.29) is 36.2 Å². The van der Waals surface area contributed by atoms with Crippen molar-refractivity contribution in [1.29, 1.82) is 0 Å². The van der Waals surface area contributed by atoms with Gasteiger partial charge in [-0.25, -0.2) is 9.59 Å². The predicted molar refractivity (Wildman–Crippen MR) is 131 cm³/mol. The van der Waals surface area contributed by atoms with Crippen LogP contribution < -0.4 is 14.8 Å². The summed E-state index contributed by atoms with van der Waals surface area (Å²) in [5.74, 6) is -6.15. The first-order valence-corrected chi connectivity index (χ1v) is 11.6. The van der Waals surface area contributed by atoms with Crippen molar-refractivity contribution in [2.24, 2.45) is 5.41 Å². The van der Waals surface area contributed by atoms with Gasteiger partial charge >= 0.3 is 17.7 Å². The molecule has 3 rings (SSSR count). The maximum atomic E-state index is 11.3. The molecule has 2 aromatic carbocycles. The van der Waals surface area contributed by atoms with Crippen LogP contribution in [-0.2, 0) is 16.0 Å². The Morgan fingerprint density at radius 2 is 1.64 bits per heavy atom. The van der Waals surface area contributed by atoms with Crippen molar-refractivity contribution in [2.75, 3.05) is 19.8 Å². The number of hydrogen-bond donors (Lipinski definition) is 6. The summed E-state index contributed by atoms with van der Waals surface area (Å²) >= 11 is 5.94. The van der Waals surface area contributed by atoms with Gasteiger partial charge in [0.1, 0.15) is 0 Å². The Labute approximate surface area is 214 Å². The highest BCUT2D eigenvalue weighted by molar-refractivity contribution is 6.30. The molecule has 0 saturated heterocycles. The number of fused-ring (bicyclic) bond motifs is 1. The van der Waals surface area contributed by atoms with Crippen molar-refractivity contribution in [3.8, 4) is 11.5 Å². The highest BCUT2D eigenvalue weighted by atomic mass is 35.5. The first kappa shape index (κ1) is 29.3. The van der Waals surface area contributed by atoms with Crippen molar-refractivity contribution in [1.82, 2.24) is 5.32 Å². The lowest BCUT2D eigenvalue weighted by Gasteiger charge is -2.18. The Kier molecular flexibility index (Phi) is 10.1. The molecule has 0 bridgehead atoms. The van der Waals surface area contributed by atoms with Crippen LogP contribution in [0.2, 0.25) is 5.02 Å². The Hall–Kier alpha value is -2.89. The minimum atomic E-state index is -2.77. The molecule has 0 saturated carbocycles. The minimum Gasteiger partial charge on any atom is -0.475 e. The molecule has 2 aromatic rings. The van der Waals surface area contributed by atoms with Crippen molar-refractivity contribution >= 4 is 23.5 Å². The van der Waals surface area contributed by atoms with E-state index >= 15 is 0 Å². The number of carboxylic acid groups (broad SMARTS) is 2. The van der Waals surface area contributed by atoms with E-state index in [1.54, 1.807) is 50.2 Å². The van der Waals surface area contributed by atoms with Crippen LogP contribution in [0.1, 0.15) is 38.0 Å². The Morgan fingerprint density at radius 1 is 1.03 bits per heavy atom. The van der Waals surface area contributed by atoms with E-state index in [1.807, 2.05) is 6.92 Å². The molecule has 1 aliphatic heterocycles. The van der Waals surface area contributed by atoms with E-state index in [4.69, 9.17) is 31.3 Å². The van der Waals surface area contributed by atoms with Gasteiger partial charge in [0, 0.05) is 23.0 Å². The normalized spacial score (nSPS) is 15.4. The van der Waals surface area contributed by atoms with E-state index in [0.29, 0.717) is 23.6 Å². The maximum Gasteiger partial charge on any atom is 0.453 e. The lowest BCUT2D eigenvalue weighted by Crippen LogP contribution is -2.54. The van der Waals surface area contributed by atoms with Crippen LogP contribution in [0.3, 0.4) is 0 Å². The van der Waals surface area contributed by atoms with Gasteiger partial charge in [0.15, 0.2) is 11.5 Å². The summed E-state index contributed by atoms with van der Waals surface area (Å²) in [6.07, 6.45) is -0.189. The predicted octanol–water partition coefficient (Wildman–Crippen LogP) is 2.23. The third-order valence-electron chi connectivity index (χ3n) is 5.37. The first-order chi connectivity index (χ1) is 16.8. The summed E-state index contributed by atoms with van der Waals surface area (Å²) in [7, 11) is 0. The SMILES string of the molecule is CC(C)(CO)CO.CC(Cc1ccc2c(c1)OC(C(=O)O)(C(=O)O)O2)NCC(O)c1cccc(Cl)c1. The molecule has 0 aliphatic carbocycles. The van der Waals surface area contributed by atoms with E-state index < -0.39 is 23.8 Å². The standard InChI is InChI=1S/C20H20ClNO7.C5H12O2/c1-11(22-10-15(23)13-3-2-4-14(21)9-13)7-12-5-6-16-17(8-12)29-20(28-16,18(24)25)19(26)27;1-5(2,3-6)4-7/h2-6,8-9,11,15,22-23H,7,10H2,1H3,(H,24,25)(H,26,27);6-7H,3-4H2,1-2H3. The topological polar surface area (TPSA) is 166 Å². The molecule has 6 N–H and O–H groups in total. The van der Waals surface area contributed by atoms with Crippen molar-refractivity contribution in [2.45, 2.75) is 45.1 Å². The number of aliphatic hydroxyl groups is 3. The third-order valence-corrected chi connectivity index (χ3v) is 5.60. The molecule has 2 atom stereocenters. The molecule has 0 radical (unpaired) electrons. The van der Waals surface area contributed by atoms with E-state index in [2.05, 4.69) is 5.32 Å². The van der Waals surface area contributed by atoms with Crippen LogP contribution >= 0.6 is 11.6 Å². The zero-order valence-corrected chi connectivity index (χ0v) is 21.0. The van der Waals surface area contributed by atoms with Gasteiger partial charge in [-0.3, -0.25) is 0 Å². The Morgan fingerprint density at radius 3 is 2.17 bits per heavy atom. The fourth-order valence-electron chi connectivity index (χ4n) is 3.06. The summed E-state index contributed by atoms with van der Waals surface area (Å²) in [5, 5.41) is 49.3. The molecule has 198 valence electrons. The largest absolute Gasteiger partial charge is 0.475 e. The van der Waals surface area contributed by atoms with Gasteiger partial charge in [-0.1, -0.05) is 43.6 Å². The zero-order valence-electron chi connectivity index (χ0n) is 20.3. The Bertz CT molecular complexity index is 1040. The van der Waals surface area contributed by atoms with Gasteiger partial charge in [0.05, 0.1) is 19.3 Å². The quantitative estimate of drug-likeness (QED) is 0.253. The monoisotopic (exact) mass is 525 g/mol. The number of halogens is 1. The van der Waals surface area contributed by atoms with Gasteiger partial charge in [-0.2, -0.15) is 0 Å². The number of hydrogen-bond acceptors (Lipinski definition) is 8. The number of ether oxygens (including phenoxy) is 2. The molecular formula is C25H32ClNO9. The molecular weight excluding hydrogens is 494 g/mol. The smallest absolute Gasteiger partial charge is 0.453 e. The summed E-state index contributed by atoms with van der Waals surface area (Å²) < 4.78 is 10.1. The van der Waals surface area contributed by atoms with Crippen LogP contribution in [0.15, 0.2) is 42.5 Å². The van der Waals surface area contributed by atoms with Crippen LogP contribution in [0, 0.1) is 5.41 Å². The molecule has 0 spiro atoms. The first-order valence-electron chi connectivity index (χ1n) is 11.2. The number of rotatable bonds is 10. The highest BCUT2D eigenvalue weighted by Gasteiger charge is 2.57. The second-order valence-electron chi connectivity index (χ2n) is 9.28. The van der Waals surface area contributed by atoms with Crippen LogP contribution in [-0.4, -0.2) is 69.1 Å². The molecule has 36 heavy (non-hydrogen) atoms. The average Bonchev–Trinajstić information content (AvgIpc) is 3.23. The van der Waals surface area contributed by atoms with Crippen LogP contribution in [0.5, 0.6) is 11.5 Å². The fraction of sp³-hybridized carbons (Fsp3) is 0.440. The number of nitrogens with one attached hydrogen (secondary N) is 1. The molecule has 0 fully saturated rings. The zero-order chi connectivity index (χ0) is 27.1. The third kappa shape index (κ3) is 7.55. The number of aliphatic hydroxyl groups excluding tert-OH is 3. The van der Waals surface area contributed by atoms with Gasteiger partial charge in [0.2, 0.25) is 0 Å². The molecule has 10 nitrogen and oxygen atoms in total. The Balaban J connectivity index is 0.000000572. The van der Waals surface area contributed by atoms with Gasteiger partial charge in [0.25, 0.3) is 0 Å². The lowest BCUT2D eigenvalue weighted by molar-refractivity contribution is -0.194. The summed E-state index contributed by atoms with van der Waals surface area (Å²) in [6, 6.07) is 11.7. The summed E-state index contributed by atoms with van der Waals surface area (Å²) in [4.78, 5) is 22.6. The molecule has 2 unspecified atom stereocenters. The van der Waals surface area contributed by atoms with E-state index in [9.17, 15) is 24.9 Å². The second-order valence-corrected chi connectivity index (χ2v) is 9.71. The molecule has 11 heteroatoms. The average molecular weight is 526 g/mol. The minimum absolute atomic E-state index is 0.0343. The number of aliphatic carboxylic acids is 2. The van der Waals surface area contributed by atoms with Crippen molar-refractivity contribution in [3.05, 3.63) is 58.6 Å². The summed E-state index contributed by atoms with van der Waals surface area (Å²) in [6.45, 7) is 5.92. The summed E-state index contributed by atoms with van der Waals surface area (Å²) in [5.41, 5.74) is 1.19. The van der Waals surface area contributed by atoms with E-state index in [1.165, 1.54) is 6.07 Å². The molecule has 0 aromatic heterocycles. The van der Waals surface area contributed by atoms with E-state index in [0.717, 1.165) is 5.56 Å². The van der Waals surface area contributed by atoms with Crippen molar-refractivity contribution < 1.29 is 44.6 Å². The number of carboxylic acids is 2. The fourth-order valence-corrected chi connectivity index (χ4v) is 3.26. The van der Waals surface area contributed by atoms with Gasteiger partial charge in [-0.05, 0) is 48.7 Å².